The maximum atomic E-state index is 5.49. The molecule has 2 aliphatic rings. The summed E-state index contributed by atoms with van der Waals surface area (Å²) in [6, 6.07) is 61.1. The van der Waals surface area contributed by atoms with Gasteiger partial charge in [0.05, 0.1) is 22.4 Å². The van der Waals surface area contributed by atoms with Crippen LogP contribution in [0.4, 0.5) is 17.1 Å². The largest absolute Gasteiger partial charge is 0.310 e. The topological polar surface area (TPSA) is 21.1 Å². The molecule has 0 unspecified atom stereocenters. The van der Waals surface area contributed by atoms with E-state index in [2.05, 4.69) is 195 Å². The average molecular weight is 679 g/mol. The Labute approximate surface area is 287 Å². The standard InChI is InChI=1S/C44H28BrN3/c45-31-27-40(47(32-15-5-2-6-16-32)33-25-23-30(24-26-33)29-13-3-1-4-14-29)42-41(28-31)48-39-22-12-11-21-38(39)46-43(48)44(42)36-19-9-7-17-34(36)35-18-8-10-20-37(35)44/h1-28H. The molecule has 2 heterocycles. The number of nitrogens with zero attached hydrogens (tertiary/aromatic N) is 3. The van der Waals surface area contributed by atoms with Crippen LogP contribution in [0.15, 0.2) is 174 Å². The first-order valence-electron chi connectivity index (χ1n) is 16.3. The Bertz CT molecular complexity index is 2470. The lowest BCUT2D eigenvalue weighted by molar-refractivity contribution is 0.738. The number of benzene rings is 7. The highest BCUT2D eigenvalue weighted by Crippen LogP contribution is 2.63. The maximum Gasteiger partial charge on any atom is 0.134 e. The molecule has 0 saturated heterocycles. The molecule has 1 spiro atoms. The number of imidazole rings is 1. The minimum atomic E-state index is -0.630. The van der Waals surface area contributed by atoms with Gasteiger partial charge in [0.2, 0.25) is 0 Å². The molecular weight excluding hydrogens is 650 g/mol. The van der Waals surface area contributed by atoms with E-state index in [1.54, 1.807) is 0 Å². The van der Waals surface area contributed by atoms with Crippen molar-refractivity contribution < 1.29 is 0 Å². The Hall–Kier alpha value is -5.71. The van der Waals surface area contributed by atoms with Crippen LogP contribution in [-0.4, -0.2) is 9.55 Å². The van der Waals surface area contributed by atoms with Crippen molar-refractivity contribution in [1.82, 2.24) is 9.55 Å². The van der Waals surface area contributed by atoms with Crippen molar-refractivity contribution in [2.45, 2.75) is 5.41 Å². The molecule has 48 heavy (non-hydrogen) atoms. The van der Waals surface area contributed by atoms with E-state index >= 15 is 0 Å². The molecule has 0 N–H and O–H groups in total. The van der Waals surface area contributed by atoms with Gasteiger partial charge in [-0.2, -0.15) is 0 Å². The molecule has 1 aromatic heterocycles. The van der Waals surface area contributed by atoms with Crippen molar-refractivity contribution in [2.75, 3.05) is 4.90 Å². The van der Waals surface area contributed by atoms with Gasteiger partial charge in [0, 0.05) is 21.4 Å². The zero-order chi connectivity index (χ0) is 31.8. The molecule has 1 aliphatic carbocycles. The Balaban J connectivity index is 1.33. The van der Waals surface area contributed by atoms with Gasteiger partial charge in [-0.3, -0.25) is 4.57 Å². The molecule has 10 rings (SSSR count). The molecule has 0 atom stereocenters. The fraction of sp³-hybridized carbons (Fsp3) is 0.0227. The second-order valence-electron chi connectivity index (χ2n) is 12.5. The van der Waals surface area contributed by atoms with Crippen molar-refractivity contribution in [2.24, 2.45) is 0 Å². The van der Waals surface area contributed by atoms with Gasteiger partial charge in [0.15, 0.2) is 0 Å². The lowest BCUT2D eigenvalue weighted by atomic mass is 9.72. The number of anilines is 3. The summed E-state index contributed by atoms with van der Waals surface area (Å²) in [5.74, 6) is 1.03. The summed E-state index contributed by atoms with van der Waals surface area (Å²) in [5.41, 5.74) is 14.6. The minimum Gasteiger partial charge on any atom is -0.310 e. The smallest absolute Gasteiger partial charge is 0.134 e. The molecule has 0 bridgehead atoms. The quantitative estimate of drug-likeness (QED) is 0.185. The van der Waals surface area contributed by atoms with Crippen molar-refractivity contribution in [1.29, 1.82) is 0 Å². The Morgan fingerprint density at radius 3 is 1.81 bits per heavy atom. The first-order valence-corrected chi connectivity index (χ1v) is 17.1. The van der Waals surface area contributed by atoms with Gasteiger partial charge in [-0.25, -0.2) is 4.98 Å². The van der Waals surface area contributed by atoms with E-state index in [1.807, 2.05) is 0 Å². The van der Waals surface area contributed by atoms with Crippen molar-refractivity contribution in [3.8, 4) is 27.9 Å². The molecule has 3 nitrogen and oxygen atoms in total. The number of hydrogen-bond acceptors (Lipinski definition) is 2. The van der Waals surface area contributed by atoms with Crippen molar-refractivity contribution in [3.63, 3.8) is 0 Å². The van der Waals surface area contributed by atoms with Gasteiger partial charge in [-0.15, -0.1) is 0 Å². The molecule has 0 saturated carbocycles. The molecule has 7 aromatic carbocycles. The van der Waals surface area contributed by atoms with Crippen molar-refractivity contribution >= 4 is 44.0 Å². The van der Waals surface area contributed by atoms with Crippen LogP contribution in [0, 0.1) is 0 Å². The molecule has 226 valence electrons. The number of aromatic nitrogens is 2. The number of rotatable bonds is 4. The van der Waals surface area contributed by atoms with E-state index in [-0.39, 0.29) is 0 Å². The normalized spacial score (nSPS) is 13.3. The van der Waals surface area contributed by atoms with E-state index in [4.69, 9.17) is 4.98 Å². The van der Waals surface area contributed by atoms with E-state index in [9.17, 15) is 0 Å². The van der Waals surface area contributed by atoms with Gasteiger partial charge < -0.3 is 4.90 Å². The third-order valence-corrected chi connectivity index (χ3v) is 10.5. The highest BCUT2D eigenvalue weighted by molar-refractivity contribution is 9.10. The van der Waals surface area contributed by atoms with Crippen LogP contribution in [0.25, 0.3) is 39.0 Å². The van der Waals surface area contributed by atoms with E-state index in [0.717, 1.165) is 44.1 Å². The van der Waals surface area contributed by atoms with E-state index in [0.29, 0.717) is 0 Å². The molecule has 0 amide bonds. The summed E-state index contributed by atoms with van der Waals surface area (Å²) in [5, 5.41) is 0. The van der Waals surface area contributed by atoms with Crippen LogP contribution in [0.5, 0.6) is 0 Å². The van der Waals surface area contributed by atoms with Crippen LogP contribution in [0.3, 0.4) is 0 Å². The van der Waals surface area contributed by atoms with Crippen LogP contribution in [-0.2, 0) is 5.41 Å². The fourth-order valence-corrected chi connectivity index (χ4v) is 8.57. The lowest BCUT2D eigenvalue weighted by Crippen LogP contribution is -2.29. The third-order valence-electron chi connectivity index (χ3n) is 10.0. The number of hydrogen-bond donors (Lipinski definition) is 0. The number of fused-ring (bicyclic) bond motifs is 12. The third kappa shape index (κ3) is 3.72. The monoisotopic (exact) mass is 677 g/mol. The first-order chi connectivity index (χ1) is 23.7. The summed E-state index contributed by atoms with van der Waals surface area (Å²) in [4.78, 5) is 7.91. The Morgan fingerprint density at radius 2 is 1.10 bits per heavy atom. The predicted octanol–water partition coefficient (Wildman–Crippen LogP) is 11.6. The van der Waals surface area contributed by atoms with Crippen LogP contribution in [0.2, 0.25) is 0 Å². The SMILES string of the molecule is Brc1cc(N(c2ccccc2)c2ccc(-c3ccccc3)cc2)c2c(c1)-n1c(nc3ccccc31)C21c2ccccc2-c2ccccc21. The zero-order valence-corrected chi connectivity index (χ0v) is 27.5. The molecule has 0 fully saturated rings. The second-order valence-corrected chi connectivity index (χ2v) is 13.4. The Morgan fingerprint density at radius 1 is 0.542 bits per heavy atom. The minimum absolute atomic E-state index is 0.630. The summed E-state index contributed by atoms with van der Waals surface area (Å²) in [6.07, 6.45) is 0. The number of para-hydroxylation sites is 3. The highest BCUT2D eigenvalue weighted by Gasteiger charge is 2.56. The first kappa shape index (κ1) is 27.4. The Kier molecular flexibility index (Phi) is 5.94. The van der Waals surface area contributed by atoms with Gasteiger partial charge in [0.25, 0.3) is 0 Å². The van der Waals surface area contributed by atoms with E-state index < -0.39 is 5.41 Å². The molecule has 8 aromatic rings. The summed E-state index contributed by atoms with van der Waals surface area (Å²) >= 11 is 3.98. The maximum absolute atomic E-state index is 5.49. The highest BCUT2D eigenvalue weighted by atomic mass is 79.9. The zero-order valence-electron chi connectivity index (χ0n) is 25.9. The lowest BCUT2D eigenvalue weighted by Gasteiger charge is -2.34. The summed E-state index contributed by atoms with van der Waals surface area (Å²) in [6.45, 7) is 0. The summed E-state index contributed by atoms with van der Waals surface area (Å²) in [7, 11) is 0. The molecule has 4 heteroatoms. The van der Waals surface area contributed by atoms with Gasteiger partial charge in [0.1, 0.15) is 11.2 Å². The van der Waals surface area contributed by atoms with Crippen molar-refractivity contribution in [3.05, 3.63) is 197 Å². The summed E-state index contributed by atoms with van der Waals surface area (Å²) < 4.78 is 3.41. The molecule has 0 radical (unpaired) electrons. The van der Waals surface area contributed by atoms with Gasteiger partial charge in [-0.05, 0) is 81.9 Å². The molecular formula is C44H28BrN3. The average Bonchev–Trinajstić information content (AvgIpc) is 3.77. The van der Waals surface area contributed by atoms with Gasteiger partial charge >= 0.3 is 0 Å². The second kappa shape index (κ2) is 10.4. The number of halogens is 1. The van der Waals surface area contributed by atoms with Crippen LogP contribution >= 0.6 is 15.9 Å². The predicted molar refractivity (Wildman–Crippen MR) is 200 cm³/mol. The van der Waals surface area contributed by atoms with Gasteiger partial charge in [-0.1, -0.05) is 137 Å². The van der Waals surface area contributed by atoms with E-state index in [1.165, 1.54) is 38.9 Å². The van der Waals surface area contributed by atoms with Crippen LogP contribution < -0.4 is 4.90 Å². The molecule has 1 aliphatic heterocycles. The van der Waals surface area contributed by atoms with Crippen LogP contribution in [0.1, 0.15) is 22.5 Å². The fourth-order valence-electron chi connectivity index (χ4n) is 8.13.